The fraction of sp³-hybridized carbons (Fsp3) is 0.286. The number of hydrogen-bond donors (Lipinski definition) is 1. The molecule has 0 atom stereocenters. The average Bonchev–Trinajstić information content (AvgIpc) is 3.04. The van der Waals surface area contributed by atoms with Crippen molar-refractivity contribution < 1.29 is 18.8 Å². The summed E-state index contributed by atoms with van der Waals surface area (Å²) in [7, 11) is 1.62. The first kappa shape index (κ1) is 19.4. The van der Waals surface area contributed by atoms with E-state index in [9.17, 15) is 4.79 Å². The van der Waals surface area contributed by atoms with Crippen molar-refractivity contribution >= 4 is 5.91 Å². The Balaban J connectivity index is 1.46. The first-order chi connectivity index (χ1) is 13.5. The van der Waals surface area contributed by atoms with Crippen LogP contribution in [0, 0.1) is 13.8 Å². The predicted molar refractivity (Wildman–Crippen MR) is 103 cm³/mol. The molecule has 7 heteroatoms. The summed E-state index contributed by atoms with van der Waals surface area (Å²) in [5.74, 6) is 2.66. The van der Waals surface area contributed by atoms with Gasteiger partial charge in [0.2, 0.25) is 11.8 Å². The number of carbonyl (C=O) groups excluding carboxylic acids is 1. The van der Waals surface area contributed by atoms with Crippen molar-refractivity contribution in [2.75, 3.05) is 7.11 Å². The second kappa shape index (κ2) is 9.03. The maximum Gasteiger partial charge on any atom is 0.220 e. The van der Waals surface area contributed by atoms with Gasteiger partial charge in [0, 0.05) is 30.8 Å². The zero-order chi connectivity index (χ0) is 19.9. The topological polar surface area (TPSA) is 86.5 Å². The molecule has 0 bridgehead atoms. The van der Waals surface area contributed by atoms with Crippen molar-refractivity contribution in [3.63, 3.8) is 0 Å². The minimum atomic E-state index is -0.0291. The fourth-order valence-electron chi connectivity index (χ4n) is 2.73. The number of nitrogens with one attached hydrogen (secondary N) is 1. The Hall–Kier alpha value is -3.35. The van der Waals surface area contributed by atoms with Crippen LogP contribution in [0.25, 0.3) is 0 Å². The number of amides is 1. The van der Waals surface area contributed by atoms with Crippen LogP contribution in [-0.2, 0) is 17.8 Å². The molecule has 0 saturated heterocycles. The Labute approximate surface area is 163 Å². The number of carbonyl (C=O) groups is 1. The Morgan fingerprint density at radius 1 is 1.11 bits per heavy atom. The minimum Gasteiger partial charge on any atom is -0.497 e. The fourth-order valence-corrected chi connectivity index (χ4v) is 2.73. The largest absolute Gasteiger partial charge is 0.497 e. The summed E-state index contributed by atoms with van der Waals surface area (Å²) >= 11 is 0. The highest BCUT2D eigenvalue weighted by molar-refractivity contribution is 5.76. The van der Waals surface area contributed by atoms with Crippen LogP contribution >= 0.6 is 0 Å². The van der Waals surface area contributed by atoms with Gasteiger partial charge in [-0.05, 0) is 50.1 Å². The van der Waals surface area contributed by atoms with E-state index in [0.717, 1.165) is 28.3 Å². The van der Waals surface area contributed by atoms with Crippen LogP contribution in [0.15, 0.2) is 47.1 Å². The molecular weight excluding hydrogens is 358 g/mol. The quantitative estimate of drug-likeness (QED) is 0.640. The second-order valence-corrected chi connectivity index (χ2v) is 6.36. The summed E-state index contributed by atoms with van der Waals surface area (Å²) in [6.07, 6.45) is 2.68. The maximum atomic E-state index is 12.1. The van der Waals surface area contributed by atoms with E-state index in [-0.39, 0.29) is 5.91 Å². The van der Waals surface area contributed by atoms with E-state index in [1.54, 1.807) is 19.4 Å². The molecule has 28 heavy (non-hydrogen) atoms. The SMILES string of the molecule is COc1ccc(Oc2ccc(CNC(=O)CCc3c(C)noc3C)cn2)cc1. The van der Waals surface area contributed by atoms with Crippen molar-refractivity contribution in [3.05, 3.63) is 65.2 Å². The van der Waals surface area contributed by atoms with Crippen LogP contribution < -0.4 is 14.8 Å². The van der Waals surface area contributed by atoms with Gasteiger partial charge in [0.25, 0.3) is 0 Å². The van der Waals surface area contributed by atoms with Crippen LogP contribution in [0.3, 0.4) is 0 Å². The van der Waals surface area contributed by atoms with Crippen LogP contribution in [0.2, 0.25) is 0 Å². The Morgan fingerprint density at radius 3 is 2.46 bits per heavy atom. The van der Waals surface area contributed by atoms with Crippen LogP contribution in [0.4, 0.5) is 0 Å². The predicted octanol–water partition coefficient (Wildman–Crippen LogP) is 3.74. The number of rotatable bonds is 8. The lowest BCUT2D eigenvalue weighted by Crippen LogP contribution is -2.23. The van der Waals surface area contributed by atoms with Crippen molar-refractivity contribution in [1.82, 2.24) is 15.5 Å². The van der Waals surface area contributed by atoms with Gasteiger partial charge in [-0.3, -0.25) is 4.79 Å². The first-order valence-corrected chi connectivity index (χ1v) is 9.00. The summed E-state index contributed by atoms with van der Waals surface area (Å²) in [4.78, 5) is 16.4. The van der Waals surface area contributed by atoms with Crippen LogP contribution in [-0.4, -0.2) is 23.2 Å². The average molecular weight is 381 g/mol. The lowest BCUT2D eigenvalue weighted by molar-refractivity contribution is -0.121. The maximum absolute atomic E-state index is 12.1. The number of hydrogen-bond acceptors (Lipinski definition) is 6. The van der Waals surface area contributed by atoms with E-state index in [4.69, 9.17) is 14.0 Å². The molecule has 3 aromatic rings. The Morgan fingerprint density at radius 2 is 1.86 bits per heavy atom. The normalized spacial score (nSPS) is 10.5. The molecular formula is C21H23N3O4. The third-order valence-corrected chi connectivity index (χ3v) is 4.35. The summed E-state index contributed by atoms with van der Waals surface area (Å²) < 4.78 is 15.9. The van der Waals surface area contributed by atoms with E-state index in [1.165, 1.54) is 0 Å². The summed E-state index contributed by atoms with van der Waals surface area (Å²) in [5.41, 5.74) is 2.73. The van der Waals surface area contributed by atoms with Crippen molar-refractivity contribution in [1.29, 1.82) is 0 Å². The molecule has 0 aliphatic rings. The molecule has 1 amide bonds. The van der Waals surface area contributed by atoms with E-state index < -0.39 is 0 Å². The molecule has 0 unspecified atom stereocenters. The highest BCUT2D eigenvalue weighted by Gasteiger charge is 2.11. The third-order valence-electron chi connectivity index (χ3n) is 4.35. The zero-order valence-corrected chi connectivity index (χ0v) is 16.2. The zero-order valence-electron chi connectivity index (χ0n) is 16.2. The molecule has 0 fully saturated rings. The van der Waals surface area contributed by atoms with Gasteiger partial charge in [0.1, 0.15) is 17.3 Å². The van der Waals surface area contributed by atoms with Crippen molar-refractivity contribution in [2.24, 2.45) is 0 Å². The molecule has 1 N–H and O–H groups in total. The standard InChI is InChI=1S/C21H23N3O4/c1-14-19(15(2)28-24-14)9-10-20(25)22-12-16-4-11-21(23-13-16)27-18-7-5-17(26-3)6-8-18/h4-8,11,13H,9-10,12H2,1-3H3,(H,22,25). The van der Waals surface area contributed by atoms with Gasteiger partial charge in [-0.2, -0.15) is 0 Å². The number of ether oxygens (including phenoxy) is 2. The molecule has 0 aliphatic carbocycles. The molecule has 7 nitrogen and oxygen atoms in total. The van der Waals surface area contributed by atoms with Gasteiger partial charge in [0.15, 0.2) is 0 Å². The van der Waals surface area contributed by atoms with Gasteiger partial charge in [-0.1, -0.05) is 11.2 Å². The third kappa shape index (κ3) is 5.09. The molecule has 0 spiro atoms. The molecule has 0 saturated carbocycles. The number of methoxy groups -OCH3 is 1. The highest BCUT2D eigenvalue weighted by atomic mass is 16.5. The molecule has 0 radical (unpaired) electrons. The minimum absolute atomic E-state index is 0.0291. The highest BCUT2D eigenvalue weighted by Crippen LogP contribution is 2.22. The smallest absolute Gasteiger partial charge is 0.220 e. The monoisotopic (exact) mass is 381 g/mol. The van der Waals surface area contributed by atoms with Gasteiger partial charge in [-0.25, -0.2) is 4.98 Å². The number of pyridine rings is 1. The number of nitrogens with zero attached hydrogens (tertiary/aromatic N) is 2. The molecule has 2 heterocycles. The summed E-state index contributed by atoms with van der Waals surface area (Å²) in [6, 6.07) is 10.9. The second-order valence-electron chi connectivity index (χ2n) is 6.36. The van der Waals surface area contributed by atoms with Crippen molar-refractivity contribution in [2.45, 2.75) is 33.2 Å². The number of aryl methyl sites for hydroxylation is 2. The van der Waals surface area contributed by atoms with Crippen molar-refractivity contribution in [3.8, 4) is 17.4 Å². The Kier molecular flexibility index (Phi) is 6.26. The van der Waals surface area contributed by atoms with Gasteiger partial charge < -0.3 is 19.3 Å². The van der Waals surface area contributed by atoms with Gasteiger partial charge in [0.05, 0.1) is 12.8 Å². The molecule has 1 aromatic carbocycles. The Bertz CT molecular complexity index is 898. The molecule has 146 valence electrons. The lowest BCUT2D eigenvalue weighted by atomic mass is 10.1. The van der Waals surface area contributed by atoms with E-state index in [1.807, 2.05) is 44.2 Å². The molecule has 0 aliphatic heterocycles. The molecule has 2 aromatic heterocycles. The van der Waals surface area contributed by atoms with Crippen LogP contribution in [0.1, 0.15) is 29.0 Å². The lowest BCUT2D eigenvalue weighted by Gasteiger charge is -2.08. The van der Waals surface area contributed by atoms with Crippen LogP contribution in [0.5, 0.6) is 17.4 Å². The summed E-state index contributed by atoms with van der Waals surface area (Å²) in [6.45, 7) is 4.15. The molecule has 3 rings (SSSR count). The van der Waals surface area contributed by atoms with E-state index >= 15 is 0 Å². The van der Waals surface area contributed by atoms with E-state index in [0.29, 0.717) is 31.0 Å². The van der Waals surface area contributed by atoms with Gasteiger partial charge in [-0.15, -0.1) is 0 Å². The summed E-state index contributed by atoms with van der Waals surface area (Å²) in [5, 5.41) is 6.80. The number of benzene rings is 1. The van der Waals surface area contributed by atoms with Gasteiger partial charge >= 0.3 is 0 Å². The van der Waals surface area contributed by atoms with E-state index in [2.05, 4.69) is 15.5 Å². The number of aromatic nitrogens is 2. The first-order valence-electron chi connectivity index (χ1n) is 9.00.